The highest BCUT2D eigenvalue weighted by molar-refractivity contribution is 7.93. The maximum atomic E-state index is 14.1. The van der Waals surface area contributed by atoms with Crippen LogP contribution in [0.2, 0.25) is 0 Å². The predicted molar refractivity (Wildman–Crippen MR) is 144 cm³/mol. The standard InChI is InChI=1S/C29H34FNO5S2/c30-23-9-11-24(12-10-23)38(35,36)31-26-13-6-20(19-27(32)21-4-2-1-3-5-21)18-25(26)29(28(31)22-7-8-22)14-16-37(33,34)17-15-29/h6,9-13,18,21-22,28H,1-5,7-8,14-17,19H2. The fraction of sp³-hybridized carbons (Fsp3) is 0.552. The molecule has 2 aliphatic heterocycles. The Bertz CT molecular complexity index is 1440. The van der Waals surface area contributed by atoms with E-state index < -0.39 is 37.1 Å². The van der Waals surface area contributed by atoms with Crippen LogP contribution in [0.25, 0.3) is 0 Å². The SMILES string of the molecule is O=C(Cc1ccc2c(c1)C1(CCS(=O)(=O)CC1)C(C1CC1)N2S(=O)(=O)c1ccc(F)cc1)C1CCCCC1. The van der Waals surface area contributed by atoms with Gasteiger partial charge in [0.25, 0.3) is 10.0 Å². The van der Waals surface area contributed by atoms with Crippen molar-refractivity contribution < 1.29 is 26.0 Å². The van der Waals surface area contributed by atoms with E-state index >= 15 is 0 Å². The molecule has 4 aliphatic rings. The number of fused-ring (bicyclic) bond motifs is 2. The molecule has 3 fully saturated rings. The van der Waals surface area contributed by atoms with Gasteiger partial charge in [0.15, 0.2) is 0 Å². The molecule has 0 amide bonds. The van der Waals surface area contributed by atoms with E-state index in [9.17, 15) is 26.0 Å². The van der Waals surface area contributed by atoms with Crippen molar-refractivity contribution in [2.24, 2.45) is 11.8 Å². The first kappa shape index (κ1) is 26.0. The summed E-state index contributed by atoms with van der Waals surface area (Å²) < 4.78 is 68.4. The molecule has 1 saturated heterocycles. The number of sulfone groups is 1. The zero-order valence-corrected chi connectivity index (χ0v) is 23.1. The average molecular weight is 560 g/mol. The van der Waals surface area contributed by atoms with Gasteiger partial charge in [-0.15, -0.1) is 0 Å². The molecule has 6 nitrogen and oxygen atoms in total. The molecule has 1 atom stereocenters. The second-order valence-electron chi connectivity index (χ2n) is 11.7. The third-order valence-corrected chi connectivity index (χ3v) is 12.7. The number of sulfonamides is 1. The Kier molecular flexibility index (Phi) is 6.45. The first-order valence-electron chi connectivity index (χ1n) is 13.8. The van der Waals surface area contributed by atoms with E-state index in [1.54, 1.807) is 0 Å². The van der Waals surface area contributed by atoms with Crippen LogP contribution >= 0.6 is 0 Å². The van der Waals surface area contributed by atoms with Gasteiger partial charge >= 0.3 is 0 Å². The number of halogens is 1. The van der Waals surface area contributed by atoms with Gasteiger partial charge in [0.05, 0.1) is 28.1 Å². The first-order valence-corrected chi connectivity index (χ1v) is 17.0. The van der Waals surface area contributed by atoms with Crippen molar-refractivity contribution in [1.29, 1.82) is 0 Å². The molecule has 2 aromatic carbocycles. The summed E-state index contributed by atoms with van der Waals surface area (Å²) in [6.45, 7) is 0. The molecule has 0 N–H and O–H groups in total. The van der Waals surface area contributed by atoms with E-state index in [1.807, 2.05) is 18.2 Å². The fourth-order valence-corrected chi connectivity index (χ4v) is 10.5. The van der Waals surface area contributed by atoms with Crippen LogP contribution in [0, 0.1) is 17.7 Å². The minimum atomic E-state index is -4.03. The Labute approximate surface area is 224 Å². The summed E-state index contributed by atoms with van der Waals surface area (Å²) in [5.74, 6) is -0.0225. The van der Waals surface area contributed by atoms with Gasteiger partial charge in [-0.3, -0.25) is 9.10 Å². The topological polar surface area (TPSA) is 88.6 Å². The molecule has 9 heteroatoms. The molecular formula is C29H34FNO5S2. The molecule has 2 heterocycles. The lowest BCUT2D eigenvalue weighted by molar-refractivity contribution is -0.123. The summed E-state index contributed by atoms with van der Waals surface area (Å²) in [4.78, 5) is 13.1. The quantitative estimate of drug-likeness (QED) is 0.500. The Hall–Kier alpha value is -2.26. The lowest BCUT2D eigenvalue weighted by Gasteiger charge is -2.41. The molecule has 2 aromatic rings. The summed E-state index contributed by atoms with van der Waals surface area (Å²) in [5.41, 5.74) is 1.66. The van der Waals surface area contributed by atoms with Crippen LogP contribution in [0.1, 0.15) is 68.9 Å². The summed E-state index contributed by atoms with van der Waals surface area (Å²) in [6, 6.07) is 10.2. The smallest absolute Gasteiger partial charge is 0.264 e. The zero-order valence-electron chi connectivity index (χ0n) is 21.4. The van der Waals surface area contributed by atoms with Crippen LogP contribution in [-0.2, 0) is 36.5 Å². The van der Waals surface area contributed by atoms with Crippen molar-refractivity contribution in [3.8, 4) is 0 Å². The summed E-state index contributed by atoms with van der Waals surface area (Å²) in [5, 5.41) is 0. The summed E-state index contributed by atoms with van der Waals surface area (Å²) >= 11 is 0. The van der Waals surface area contributed by atoms with Crippen molar-refractivity contribution in [2.45, 2.75) is 80.6 Å². The lowest BCUT2D eigenvalue weighted by atomic mass is 9.70. The van der Waals surface area contributed by atoms with E-state index in [4.69, 9.17) is 0 Å². The van der Waals surface area contributed by atoms with Crippen LogP contribution in [0.3, 0.4) is 0 Å². The van der Waals surface area contributed by atoms with Gasteiger partial charge in [-0.05, 0) is 85.9 Å². The number of ketones is 1. The maximum absolute atomic E-state index is 14.1. The largest absolute Gasteiger partial charge is 0.299 e. The fourth-order valence-electron chi connectivity index (χ4n) is 7.11. The van der Waals surface area contributed by atoms with Gasteiger partial charge < -0.3 is 0 Å². The van der Waals surface area contributed by atoms with Gasteiger partial charge in [0.1, 0.15) is 21.4 Å². The van der Waals surface area contributed by atoms with Crippen molar-refractivity contribution in [1.82, 2.24) is 0 Å². The number of hydrogen-bond acceptors (Lipinski definition) is 5. The second-order valence-corrected chi connectivity index (χ2v) is 15.8. The Balaban J connectivity index is 1.44. The van der Waals surface area contributed by atoms with Crippen LogP contribution in [0.4, 0.5) is 10.1 Å². The molecule has 0 aromatic heterocycles. The Morgan fingerprint density at radius 3 is 2.24 bits per heavy atom. The van der Waals surface area contributed by atoms with E-state index in [0.29, 0.717) is 24.9 Å². The van der Waals surface area contributed by atoms with Crippen molar-refractivity contribution in [3.63, 3.8) is 0 Å². The molecule has 1 unspecified atom stereocenters. The molecular weight excluding hydrogens is 525 g/mol. The van der Waals surface area contributed by atoms with Gasteiger partial charge in [-0.25, -0.2) is 21.2 Å². The highest BCUT2D eigenvalue weighted by Crippen LogP contribution is 2.59. The lowest BCUT2D eigenvalue weighted by Crippen LogP contribution is -2.52. The highest BCUT2D eigenvalue weighted by atomic mass is 32.2. The molecule has 38 heavy (non-hydrogen) atoms. The Morgan fingerprint density at radius 2 is 1.61 bits per heavy atom. The highest BCUT2D eigenvalue weighted by Gasteiger charge is 2.60. The molecule has 1 spiro atoms. The van der Waals surface area contributed by atoms with Crippen molar-refractivity contribution >= 4 is 31.3 Å². The number of carbonyl (C=O) groups excluding carboxylic acids is 1. The monoisotopic (exact) mass is 559 g/mol. The van der Waals surface area contributed by atoms with Crippen LogP contribution in [0.5, 0.6) is 0 Å². The van der Waals surface area contributed by atoms with E-state index in [2.05, 4.69) is 0 Å². The third-order valence-electron chi connectivity index (χ3n) is 9.25. The van der Waals surface area contributed by atoms with Crippen LogP contribution in [0.15, 0.2) is 47.4 Å². The summed E-state index contributed by atoms with van der Waals surface area (Å²) in [7, 11) is -7.22. The number of Topliss-reactive ketones (excluding diaryl/α,β-unsaturated/α-hetero) is 1. The van der Waals surface area contributed by atoms with Gasteiger partial charge in [0, 0.05) is 17.8 Å². The van der Waals surface area contributed by atoms with E-state index in [0.717, 1.165) is 61.8 Å². The first-order chi connectivity index (χ1) is 18.1. The Morgan fingerprint density at radius 1 is 0.947 bits per heavy atom. The van der Waals surface area contributed by atoms with Crippen molar-refractivity contribution in [3.05, 3.63) is 59.4 Å². The number of anilines is 1. The number of nitrogens with zero attached hydrogens (tertiary/aromatic N) is 1. The van der Waals surface area contributed by atoms with Crippen LogP contribution in [-0.4, -0.2) is 40.2 Å². The number of carbonyl (C=O) groups is 1. The van der Waals surface area contributed by atoms with E-state index in [1.165, 1.54) is 22.9 Å². The predicted octanol–water partition coefficient (Wildman–Crippen LogP) is 4.95. The third kappa shape index (κ3) is 4.49. The van der Waals surface area contributed by atoms with Gasteiger partial charge in [-0.2, -0.15) is 0 Å². The van der Waals surface area contributed by atoms with Gasteiger partial charge in [0.2, 0.25) is 0 Å². The van der Waals surface area contributed by atoms with Crippen LogP contribution < -0.4 is 4.31 Å². The summed E-state index contributed by atoms with van der Waals surface area (Å²) in [6.07, 6.45) is 8.00. The zero-order chi connectivity index (χ0) is 26.7. The average Bonchev–Trinajstić information content (AvgIpc) is 3.70. The molecule has 6 rings (SSSR count). The minimum Gasteiger partial charge on any atom is -0.299 e. The maximum Gasteiger partial charge on any atom is 0.264 e. The van der Waals surface area contributed by atoms with Crippen molar-refractivity contribution in [2.75, 3.05) is 15.8 Å². The second kappa shape index (κ2) is 9.44. The molecule has 0 bridgehead atoms. The van der Waals surface area contributed by atoms with E-state index in [-0.39, 0.29) is 34.0 Å². The molecule has 204 valence electrons. The number of rotatable bonds is 6. The van der Waals surface area contributed by atoms with Gasteiger partial charge in [-0.1, -0.05) is 31.4 Å². The number of hydrogen-bond donors (Lipinski definition) is 0. The normalized spacial score (nSPS) is 24.9. The molecule has 2 aliphatic carbocycles. The number of benzene rings is 2. The molecule has 2 saturated carbocycles. The molecule has 0 radical (unpaired) electrons. The minimum absolute atomic E-state index is 0.0192.